The van der Waals surface area contributed by atoms with Crippen molar-refractivity contribution in [2.45, 2.75) is 24.2 Å². The summed E-state index contributed by atoms with van der Waals surface area (Å²) >= 11 is 1.61. The molecular formula is C10H15N3OS. The lowest BCUT2D eigenvalue weighted by atomic mass is 10.3. The molecule has 1 aliphatic rings. The van der Waals surface area contributed by atoms with E-state index in [4.69, 9.17) is 4.74 Å². The first kappa shape index (κ1) is 10.9. The number of nitrogens with zero attached hydrogens (tertiary/aromatic N) is 2. The van der Waals surface area contributed by atoms with Crippen LogP contribution in [0.3, 0.4) is 0 Å². The molecule has 1 atom stereocenters. The Labute approximate surface area is 93.8 Å². The maximum Gasteiger partial charge on any atom is 0.120 e. The van der Waals surface area contributed by atoms with E-state index in [0.717, 1.165) is 30.2 Å². The second kappa shape index (κ2) is 5.44. The summed E-state index contributed by atoms with van der Waals surface area (Å²) in [6, 6.07) is 0. The van der Waals surface area contributed by atoms with Gasteiger partial charge in [0, 0.05) is 18.9 Å². The molecule has 1 saturated heterocycles. The van der Waals surface area contributed by atoms with Gasteiger partial charge in [0.1, 0.15) is 5.03 Å². The Morgan fingerprint density at radius 1 is 1.53 bits per heavy atom. The van der Waals surface area contributed by atoms with E-state index in [-0.39, 0.29) is 0 Å². The van der Waals surface area contributed by atoms with E-state index in [2.05, 4.69) is 15.3 Å². The fourth-order valence-corrected chi connectivity index (χ4v) is 2.10. The van der Waals surface area contributed by atoms with Gasteiger partial charge in [-0.3, -0.25) is 4.98 Å². The number of ether oxygens (including phenoxy) is 1. The largest absolute Gasteiger partial charge is 0.370 e. The van der Waals surface area contributed by atoms with Crippen molar-refractivity contribution in [3.05, 3.63) is 18.1 Å². The topological polar surface area (TPSA) is 47.0 Å². The highest BCUT2D eigenvalue weighted by molar-refractivity contribution is 7.98. The first-order valence-electron chi connectivity index (χ1n) is 5.06. The van der Waals surface area contributed by atoms with E-state index >= 15 is 0 Å². The van der Waals surface area contributed by atoms with Gasteiger partial charge in [0.15, 0.2) is 0 Å². The molecule has 1 N–H and O–H groups in total. The first-order chi connectivity index (χ1) is 7.40. The fraction of sp³-hybridized carbons (Fsp3) is 0.600. The van der Waals surface area contributed by atoms with Gasteiger partial charge in [-0.05, 0) is 19.2 Å². The lowest BCUT2D eigenvalue weighted by molar-refractivity contribution is 0.0506. The molecule has 0 aliphatic carbocycles. The second-order valence-corrected chi connectivity index (χ2v) is 4.23. The van der Waals surface area contributed by atoms with Crippen LogP contribution in [0.25, 0.3) is 0 Å². The lowest BCUT2D eigenvalue weighted by Crippen LogP contribution is -2.17. The number of rotatable bonds is 4. The third-order valence-corrected chi connectivity index (χ3v) is 3.13. The molecule has 1 aromatic rings. The van der Waals surface area contributed by atoms with Crippen LogP contribution in [0.4, 0.5) is 0 Å². The van der Waals surface area contributed by atoms with Crippen LogP contribution in [0, 0.1) is 0 Å². The summed E-state index contributed by atoms with van der Waals surface area (Å²) < 4.78 is 5.75. The minimum Gasteiger partial charge on any atom is -0.370 e. The summed E-state index contributed by atoms with van der Waals surface area (Å²) in [5, 5.41) is 4.23. The predicted molar refractivity (Wildman–Crippen MR) is 59.9 cm³/mol. The van der Waals surface area contributed by atoms with Gasteiger partial charge in [-0.1, -0.05) is 0 Å². The molecule has 0 aromatic carbocycles. The Morgan fingerprint density at radius 2 is 2.40 bits per heavy atom. The summed E-state index contributed by atoms with van der Waals surface area (Å²) in [5.74, 6) is 0. The van der Waals surface area contributed by atoms with Crippen LogP contribution in [0.2, 0.25) is 0 Å². The normalized spacial score (nSPS) is 20.7. The first-order valence-corrected chi connectivity index (χ1v) is 6.29. The lowest BCUT2D eigenvalue weighted by Gasteiger charge is -2.10. The molecular weight excluding hydrogens is 210 g/mol. The van der Waals surface area contributed by atoms with Crippen molar-refractivity contribution < 1.29 is 4.74 Å². The fourth-order valence-electron chi connectivity index (χ4n) is 1.59. The average Bonchev–Trinajstić information content (AvgIpc) is 2.79. The molecule has 0 radical (unpaired) electrons. The van der Waals surface area contributed by atoms with Gasteiger partial charge in [0.25, 0.3) is 0 Å². The minimum absolute atomic E-state index is 0.335. The zero-order chi connectivity index (χ0) is 10.5. The van der Waals surface area contributed by atoms with Crippen molar-refractivity contribution in [2.75, 3.05) is 19.3 Å². The summed E-state index contributed by atoms with van der Waals surface area (Å²) in [5.41, 5.74) is 0.942. The van der Waals surface area contributed by atoms with Crippen molar-refractivity contribution in [3.8, 4) is 0 Å². The number of hydrogen-bond donors (Lipinski definition) is 1. The van der Waals surface area contributed by atoms with Crippen molar-refractivity contribution >= 4 is 11.8 Å². The van der Waals surface area contributed by atoms with Gasteiger partial charge in [-0.15, -0.1) is 11.8 Å². The number of hydrogen-bond acceptors (Lipinski definition) is 5. The smallest absolute Gasteiger partial charge is 0.120 e. The molecule has 2 heterocycles. The molecule has 0 spiro atoms. The van der Waals surface area contributed by atoms with Gasteiger partial charge in [0.05, 0.1) is 18.4 Å². The van der Waals surface area contributed by atoms with Crippen LogP contribution >= 0.6 is 11.8 Å². The molecule has 0 saturated carbocycles. The summed E-state index contributed by atoms with van der Waals surface area (Å²) in [7, 11) is 0. The Hall–Kier alpha value is -0.650. The molecule has 0 amide bonds. The van der Waals surface area contributed by atoms with E-state index in [0.29, 0.717) is 12.7 Å². The van der Waals surface area contributed by atoms with E-state index < -0.39 is 0 Å². The molecule has 15 heavy (non-hydrogen) atoms. The molecule has 82 valence electrons. The van der Waals surface area contributed by atoms with Gasteiger partial charge in [-0.2, -0.15) is 0 Å². The van der Waals surface area contributed by atoms with Crippen molar-refractivity contribution in [1.82, 2.24) is 15.3 Å². The summed E-state index contributed by atoms with van der Waals surface area (Å²) in [6.45, 7) is 2.58. The molecule has 0 bridgehead atoms. The van der Waals surface area contributed by atoms with Crippen molar-refractivity contribution in [2.24, 2.45) is 0 Å². The third kappa shape index (κ3) is 2.90. The second-order valence-electron chi connectivity index (χ2n) is 3.44. The van der Waals surface area contributed by atoms with E-state index in [9.17, 15) is 0 Å². The van der Waals surface area contributed by atoms with Gasteiger partial charge in [-0.25, -0.2) is 4.98 Å². The Morgan fingerprint density at radius 3 is 3.13 bits per heavy atom. The van der Waals surface area contributed by atoms with Crippen LogP contribution in [0.15, 0.2) is 17.4 Å². The molecule has 1 aromatic heterocycles. The van der Waals surface area contributed by atoms with Crippen LogP contribution < -0.4 is 5.32 Å². The maximum absolute atomic E-state index is 5.75. The summed E-state index contributed by atoms with van der Waals surface area (Å²) in [6.07, 6.45) is 6.86. The number of nitrogens with one attached hydrogen (secondary N) is 1. The minimum atomic E-state index is 0.335. The standard InChI is InChI=1S/C10H15N3OS/c1-15-10-9(12-4-5-13-10)7-14-8-2-3-11-6-8/h4-5,8,11H,2-3,6-7H2,1H3. The molecule has 1 fully saturated rings. The summed E-state index contributed by atoms with van der Waals surface area (Å²) in [4.78, 5) is 8.53. The van der Waals surface area contributed by atoms with Crippen LogP contribution in [0.5, 0.6) is 0 Å². The number of thioether (sulfide) groups is 1. The van der Waals surface area contributed by atoms with Crippen molar-refractivity contribution in [3.63, 3.8) is 0 Å². The average molecular weight is 225 g/mol. The SMILES string of the molecule is CSc1nccnc1COC1CCNC1. The van der Waals surface area contributed by atoms with E-state index in [1.807, 2.05) is 6.26 Å². The van der Waals surface area contributed by atoms with Gasteiger partial charge < -0.3 is 10.1 Å². The zero-order valence-corrected chi connectivity index (χ0v) is 9.59. The Balaban J connectivity index is 1.91. The third-order valence-electron chi connectivity index (χ3n) is 2.40. The number of aromatic nitrogens is 2. The highest BCUT2D eigenvalue weighted by Crippen LogP contribution is 2.16. The molecule has 2 rings (SSSR count). The highest BCUT2D eigenvalue weighted by Gasteiger charge is 2.15. The predicted octanol–water partition coefficient (Wildman–Crippen LogP) is 1.08. The van der Waals surface area contributed by atoms with Gasteiger partial charge in [0.2, 0.25) is 0 Å². The molecule has 1 unspecified atom stereocenters. The van der Waals surface area contributed by atoms with Gasteiger partial charge >= 0.3 is 0 Å². The monoisotopic (exact) mass is 225 g/mol. The molecule has 5 heteroatoms. The van der Waals surface area contributed by atoms with E-state index in [1.165, 1.54) is 0 Å². The van der Waals surface area contributed by atoms with Crippen LogP contribution in [-0.2, 0) is 11.3 Å². The maximum atomic E-state index is 5.75. The molecule has 4 nitrogen and oxygen atoms in total. The molecule has 1 aliphatic heterocycles. The highest BCUT2D eigenvalue weighted by atomic mass is 32.2. The van der Waals surface area contributed by atoms with Crippen LogP contribution in [-0.4, -0.2) is 35.4 Å². The zero-order valence-electron chi connectivity index (χ0n) is 8.77. The Bertz CT molecular complexity index is 315. The quantitative estimate of drug-likeness (QED) is 0.777. The van der Waals surface area contributed by atoms with Crippen molar-refractivity contribution in [1.29, 1.82) is 0 Å². The van der Waals surface area contributed by atoms with Crippen LogP contribution in [0.1, 0.15) is 12.1 Å². The Kier molecular flexibility index (Phi) is 3.94. The van der Waals surface area contributed by atoms with E-state index in [1.54, 1.807) is 24.2 Å².